The van der Waals surface area contributed by atoms with E-state index in [2.05, 4.69) is 0 Å². The Kier molecular flexibility index (Phi) is 5.50. The lowest BCUT2D eigenvalue weighted by Crippen LogP contribution is -2.29. The number of aliphatic hydroxyl groups is 1. The third kappa shape index (κ3) is 3.69. The largest absolute Gasteiger partial charge is 0.507 e. The number of carbonyl (C=O) groups is 2. The molecule has 2 heterocycles. The third-order valence-electron chi connectivity index (χ3n) is 5.98. The summed E-state index contributed by atoms with van der Waals surface area (Å²) >= 11 is 7.46. The Bertz CT molecular complexity index is 1490. The molecule has 1 aliphatic rings. The number of nitrogens with zero attached hydrogens (tertiary/aromatic N) is 2. The van der Waals surface area contributed by atoms with Gasteiger partial charge in [0.2, 0.25) is 0 Å². The zero-order valence-electron chi connectivity index (χ0n) is 18.8. The van der Waals surface area contributed by atoms with Crippen molar-refractivity contribution < 1.29 is 14.7 Å². The number of thiazole rings is 1. The molecule has 34 heavy (non-hydrogen) atoms. The van der Waals surface area contributed by atoms with Gasteiger partial charge in [0.25, 0.3) is 5.78 Å². The normalized spacial score (nSPS) is 17.6. The maximum atomic E-state index is 13.4. The second kappa shape index (κ2) is 8.38. The van der Waals surface area contributed by atoms with Crippen molar-refractivity contribution in [3.63, 3.8) is 0 Å². The summed E-state index contributed by atoms with van der Waals surface area (Å²) in [5, 5.41) is 12.2. The summed E-state index contributed by atoms with van der Waals surface area (Å²) in [6, 6.07) is 17.3. The molecule has 0 aliphatic carbocycles. The molecule has 7 heteroatoms. The van der Waals surface area contributed by atoms with Crippen LogP contribution in [0.3, 0.4) is 0 Å². The summed E-state index contributed by atoms with van der Waals surface area (Å²) < 4.78 is 0.933. The van der Waals surface area contributed by atoms with Gasteiger partial charge in [0, 0.05) is 10.6 Å². The first-order valence-corrected chi connectivity index (χ1v) is 12.0. The molecule has 0 spiro atoms. The van der Waals surface area contributed by atoms with Crippen LogP contribution in [0.4, 0.5) is 5.13 Å². The minimum atomic E-state index is -0.833. The number of hydrogen-bond acceptors (Lipinski definition) is 5. The van der Waals surface area contributed by atoms with E-state index in [1.54, 1.807) is 36.4 Å². The maximum absolute atomic E-state index is 13.4. The van der Waals surface area contributed by atoms with E-state index in [-0.39, 0.29) is 11.3 Å². The average Bonchev–Trinajstić information content (AvgIpc) is 3.33. The molecule has 5 rings (SSSR count). The fourth-order valence-electron chi connectivity index (χ4n) is 4.32. The number of ketones is 1. The van der Waals surface area contributed by atoms with Gasteiger partial charge >= 0.3 is 5.91 Å². The fourth-order valence-corrected chi connectivity index (χ4v) is 5.61. The van der Waals surface area contributed by atoms with Crippen molar-refractivity contribution in [3.05, 3.63) is 99.1 Å². The van der Waals surface area contributed by atoms with Gasteiger partial charge in [-0.15, -0.1) is 0 Å². The quantitative estimate of drug-likeness (QED) is 0.203. The Labute approximate surface area is 205 Å². The zero-order valence-corrected chi connectivity index (χ0v) is 20.4. The molecule has 1 aromatic heterocycles. The van der Waals surface area contributed by atoms with E-state index in [9.17, 15) is 14.7 Å². The predicted molar refractivity (Wildman–Crippen MR) is 137 cm³/mol. The molecule has 1 aliphatic heterocycles. The first-order chi connectivity index (χ1) is 16.2. The van der Waals surface area contributed by atoms with Gasteiger partial charge in [-0.1, -0.05) is 71.0 Å². The number of fused-ring (bicyclic) bond motifs is 1. The van der Waals surface area contributed by atoms with Crippen LogP contribution in [0, 0.1) is 20.8 Å². The Hall–Kier alpha value is -3.48. The van der Waals surface area contributed by atoms with Crippen LogP contribution < -0.4 is 4.90 Å². The van der Waals surface area contributed by atoms with Gasteiger partial charge in [0.15, 0.2) is 5.13 Å². The second-order valence-corrected chi connectivity index (χ2v) is 9.96. The molecule has 5 nitrogen and oxygen atoms in total. The van der Waals surface area contributed by atoms with Crippen molar-refractivity contribution in [1.29, 1.82) is 0 Å². The van der Waals surface area contributed by atoms with Crippen molar-refractivity contribution in [2.45, 2.75) is 26.8 Å². The smallest absolute Gasteiger partial charge is 0.301 e. The average molecular weight is 489 g/mol. The monoisotopic (exact) mass is 488 g/mol. The first kappa shape index (κ1) is 22.3. The highest BCUT2D eigenvalue weighted by Gasteiger charge is 2.48. The number of benzene rings is 3. The lowest BCUT2D eigenvalue weighted by atomic mass is 9.95. The highest BCUT2D eigenvalue weighted by atomic mass is 35.5. The van der Waals surface area contributed by atoms with Crippen LogP contribution >= 0.6 is 22.9 Å². The minimum Gasteiger partial charge on any atom is -0.507 e. The van der Waals surface area contributed by atoms with E-state index in [1.807, 2.05) is 45.0 Å². The number of amides is 1. The number of aromatic nitrogens is 1. The molecule has 1 amide bonds. The van der Waals surface area contributed by atoms with E-state index in [0.717, 1.165) is 26.9 Å². The summed E-state index contributed by atoms with van der Waals surface area (Å²) in [7, 11) is 0. The Balaban J connectivity index is 1.74. The molecule has 0 bridgehead atoms. The molecule has 170 valence electrons. The maximum Gasteiger partial charge on any atom is 0.301 e. The van der Waals surface area contributed by atoms with E-state index in [1.165, 1.54) is 16.2 Å². The van der Waals surface area contributed by atoms with Crippen LogP contribution in [0.25, 0.3) is 16.0 Å². The first-order valence-electron chi connectivity index (χ1n) is 10.8. The number of halogens is 1. The van der Waals surface area contributed by atoms with Gasteiger partial charge in [-0.2, -0.15) is 0 Å². The van der Waals surface area contributed by atoms with Crippen molar-refractivity contribution in [2.24, 2.45) is 0 Å². The van der Waals surface area contributed by atoms with Gasteiger partial charge in [0.1, 0.15) is 5.76 Å². The van der Waals surface area contributed by atoms with Crippen LogP contribution in [0.1, 0.15) is 33.9 Å². The van der Waals surface area contributed by atoms with Gasteiger partial charge in [0.05, 0.1) is 21.8 Å². The predicted octanol–water partition coefficient (Wildman–Crippen LogP) is 6.50. The van der Waals surface area contributed by atoms with Crippen LogP contribution in [-0.2, 0) is 9.59 Å². The third-order valence-corrected chi connectivity index (χ3v) is 7.23. The van der Waals surface area contributed by atoms with E-state index in [4.69, 9.17) is 16.6 Å². The summed E-state index contributed by atoms with van der Waals surface area (Å²) in [4.78, 5) is 32.8. The fraction of sp³-hybridized carbons (Fsp3) is 0.148. The summed E-state index contributed by atoms with van der Waals surface area (Å²) in [6.45, 7) is 5.92. The number of rotatable bonds is 3. The van der Waals surface area contributed by atoms with Crippen LogP contribution in [0.2, 0.25) is 5.02 Å². The standard InChI is InChI=1S/C27H21ClN2O3S/c1-14-4-6-18(7-5-14)24(31)21-23(17-8-10-19(28)11-9-17)30(26(33)25(21)32)27-29-22-16(3)12-15(2)13-20(22)34-27/h4-13,23,31H,1-3H3/b24-21+/t23-/m1/s1. The second-order valence-electron chi connectivity index (χ2n) is 8.51. The lowest BCUT2D eigenvalue weighted by molar-refractivity contribution is -0.132. The minimum absolute atomic E-state index is 0.0309. The summed E-state index contributed by atoms with van der Waals surface area (Å²) in [5.74, 6) is -1.68. The van der Waals surface area contributed by atoms with Gasteiger partial charge in [-0.25, -0.2) is 4.98 Å². The molecule has 1 atom stereocenters. The highest BCUT2D eigenvalue weighted by molar-refractivity contribution is 7.22. The topological polar surface area (TPSA) is 70.5 Å². The Morgan fingerprint density at radius 1 is 0.971 bits per heavy atom. The number of carbonyl (C=O) groups excluding carboxylic acids is 2. The number of aryl methyl sites for hydroxylation is 3. The van der Waals surface area contributed by atoms with E-state index < -0.39 is 17.7 Å². The zero-order chi connectivity index (χ0) is 24.1. The van der Waals surface area contributed by atoms with Crippen molar-refractivity contribution in [2.75, 3.05) is 4.90 Å². The van der Waals surface area contributed by atoms with Gasteiger partial charge in [-0.05, 0) is 55.7 Å². The van der Waals surface area contributed by atoms with Crippen molar-refractivity contribution in [3.8, 4) is 0 Å². The SMILES string of the molecule is Cc1ccc(/C(O)=C2\C(=O)C(=O)N(c3nc4c(C)cc(C)cc4s3)[C@@H]2c2ccc(Cl)cc2)cc1. The Morgan fingerprint density at radius 3 is 2.32 bits per heavy atom. The summed E-state index contributed by atoms with van der Waals surface area (Å²) in [6.07, 6.45) is 0. The van der Waals surface area contributed by atoms with Gasteiger partial charge < -0.3 is 5.11 Å². The summed E-state index contributed by atoms with van der Waals surface area (Å²) in [5.41, 5.74) is 5.06. The molecule has 1 fully saturated rings. The molecule has 3 aromatic carbocycles. The van der Waals surface area contributed by atoms with Crippen LogP contribution in [0.15, 0.2) is 66.2 Å². The molecule has 1 saturated heterocycles. The number of hydrogen-bond donors (Lipinski definition) is 1. The Morgan fingerprint density at radius 2 is 1.65 bits per heavy atom. The molecular weight excluding hydrogens is 468 g/mol. The van der Waals surface area contributed by atoms with Gasteiger partial charge in [-0.3, -0.25) is 14.5 Å². The highest BCUT2D eigenvalue weighted by Crippen LogP contribution is 2.44. The molecule has 0 unspecified atom stereocenters. The number of aliphatic hydroxyl groups excluding tert-OH is 1. The molecule has 0 saturated carbocycles. The van der Waals surface area contributed by atoms with E-state index >= 15 is 0 Å². The molecule has 4 aromatic rings. The molecule has 0 radical (unpaired) electrons. The van der Waals surface area contributed by atoms with Crippen molar-refractivity contribution in [1.82, 2.24) is 4.98 Å². The number of anilines is 1. The van der Waals surface area contributed by atoms with Crippen LogP contribution in [0.5, 0.6) is 0 Å². The molecule has 1 N–H and O–H groups in total. The number of Topliss-reactive ketones (excluding diaryl/α,β-unsaturated/α-hetero) is 1. The van der Waals surface area contributed by atoms with Crippen molar-refractivity contribution >= 4 is 55.7 Å². The molecular formula is C27H21ClN2O3S. The van der Waals surface area contributed by atoms with Crippen LogP contribution in [-0.4, -0.2) is 21.8 Å². The lowest BCUT2D eigenvalue weighted by Gasteiger charge is -2.23. The van der Waals surface area contributed by atoms with E-state index in [0.29, 0.717) is 21.3 Å².